The molecule has 0 unspecified atom stereocenters. The topological polar surface area (TPSA) is 70.5 Å². The van der Waals surface area contributed by atoms with Gasteiger partial charge in [0.15, 0.2) is 0 Å². The average Bonchev–Trinajstić information content (AvgIpc) is 3.44. The number of nitrogens with zero attached hydrogens (tertiary/aromatic N) is 4. The Balaban J connectivity index is 1.41. The fourth-order valence-electron chi connectivity index (χ4n) is 6.18. The summed E-state index contributed by atoms with van der Waals surface area (Å²) in [5.41, 5.74) is 3.03. The van der Waals surface area contributed by atoms with E-state index in [0.717, 1.165) is 48.4 Å². The molecular formula is C22H25N5O2. The summed E-state index contributed by atoms with van der Waals surface area (Å²) in [6.45, 7) is 4.79. The van der Waals surface area contributed by atoms with Crippen molar-refractivity contribution in [3.63, 3.8) is 0 Å². The van der Waals surface area contributed by atoms with Crippen molar-refractivity contribution in [2.24, 2.45) is 5.92 Å². The quantitative estimate of drug-likeness (QED) is 0.806. The predicted molar refractivity (Wildman–Crippen MR) is 107 cm³/mol. The second kappa shape index (κ2) is 5.92. The summed E-state index contributed by atoms with van der Waals surface area (Å²) in [7, 11) is 0. The smallest absolute Gasteiger partial charge is 0.250 e. The number of rotatable bonds is 1. The number of carbonyl (C=O) groups is 2. The molecule has 1 N–H and O–H groups in total. The molecule has 0 aliphatic carbocycles. The van der Waals surface area contributed by atoms with Gasteiger partial charge in [0.25, 0.3) is 0 Å². The molecule has 2 amide bonds. The van der Waals surface area contributed by atoms with Crippen LogP contribution < -0.4 is 5.32 Å². The summed E-state index contributed by atoms with van der Waals surface area (Å²) in [4.78, 5) is 31.6. The lowest BCUT2D eigenvalue weighted by Crippen LogP contribution is -2.55. The molecule has 150 valence electrons. The van der Waals surface area contributed by atoms with E-state index in [0.29, 0.717) is 25.7 Å². The van der Waals surface area contributed by atoms with Crippen LogP contribution in [0.5, 0.6) is 0 Å². The van der Waals surface area contributed by atoms with E-state index in [1.807, 2.05) is 40.8 Å². The number of hydrogen-bond acceptors (Lipinski definition) is 4. The zero-order valence-electron chi connectivity index (χ0n) is 16.6. The van der Waals surface area contributed by atoms with Crippen molar-refractivity contribution in [1.29, 1.82) is 0 Å². The van der Waals surface area contributed by atoms with Gasteiger partial charge in [-0.3, -0.25) is 19.2 Å². The summed E-state index contributed by atoms with van der Waals surface area (Å²) < 4.78 is 2.00. The molecule has 0 radical (unpaired) electrons. The minimum atomic E-state index is -0.859. The normalized spacial score (nSPS) is 30.4. The highest BCUT2D eigenvalue weighted by Crippen LogP contribution is 2.55. The monoisotopic (exact) mass is 391 g/mol. The molecule has 2 saturated heterocycles. The summed E-state index contributed by atoms with van der Waals surface area (Å²) in [5, 5.41) is 7.59. The zero-order chi connectivity index (χ0) is 19.8. The van der Waals surface area contributed by atoms with Gasteiger partial charge in [0.1, 0.15) is 5.54 Å². The van der Waals surface area contributed by atoms with Gasteiger partial charge in [-0.15, -0.1) is 0 Å². The number of carbonyl (C=O) groups excluding carboxylic acids is 2. The maximum absolute atomic E-state index is 13.9. The Bertz CT molecular complexity index is 1030. The van der Waals surface area contributed by atoms with Crippen molar-refractivity contribution in [2.45, 2.75) is 50.9 Å². The van der Waals surface area contributed by atoms with E-state index in [-0.39, 0.29) is 17.7 Å². The van der Waals surface area contributed by atoms with Crippen LogP contribution in [0.15, 0.2) is 30.3 Å². The Morgan fingerprint density at radius 3 is 3.00 bits per heavy atom. The lowest BCUT2D eigenvalue weighted by Gasteiger charge is -2.39. The number of benzene rings is 1. The number of aromatic nitrogens is 2. The molecule has 1 aromatic carbocycles. The van der Waals surface area contributed by atoms with Crippen molar-refractivity contribution < 1.29 is 9.59 Å². The molecule has 5 heterocycles. The maximum Gasteiger partial charge on any atom is 0.250 e. The van der Waals surface area contributed by atoms with Gasteiger partial charge in [-0.25, -0.2) is 0 Å². The van der Waals surface area contributed by atoms with Crippen LogP contribution in [-0.2, 0) is 28.2 Å². The Hall–Kier alpha value is -2.67. The predicted octanol–water partition coefficient (Wildman–Crippen LogP) is 1.87. The summed E-state index contributed by atoms with van der Waals surface area (Å²) in [6, 6.07) is 10.3. The van der Waals surface area contributed by atoms with E-state index in [1.165, 1.54) is 0 Å². The van der Waals surface area contributed by atoms with E-state index >= 15 is 0 Å². The first kappa shape index (κ1) is 17.2. The molecule has 7 nitrogen and oxygen atoms in total. The van der Waals surface area contributed by atoms with Crippen LogP contribution in [0.25, 0.3) is 0 Å². The number of amides is 2. The summed E-state index contributed by atoms with van der Waals surface area (Å²) >= 11 is 0. The molecule has 3 atom stereocenters. The van der Waals surface area contributed by atoms with E-state index in [9.17, 15) is 9.59 Å². The van der Waals surface area contributed by atoms with Crippen LogP contribution in [-0.4, -0.2) is 50.5 Å². The van der Waals surface area contributed by atoms with Gasteiger partial charge in [0.05, 0.1) is 30.4 Å². The van der Waals surface area contributed by atoms with Gasteiger partial charge in [0.2, 0.25) is 11.8 Å². The van der Waals surface area contributed by atoms with Crippen molar-refractivity contribution in [1.82, 2.24) is 19.6 Å². The molecule has 1 aromatic heterocycles. The lowest BCUT2D eigenvalue weighted by atomic mass is 9.78. The third-order valence-electron chi connectivity index (χ3n) is 7.30. The van der Waals surface area contributed by atoms with Crippen molar-refractivity contribution in [2.75, 3.05) is 18.4 Å². The van der Waals surface area contributed by atoms with Gasteiger partial charge in [0, 0.05) is 23.8 Å². The van der Waals surface area contributed by atoms with Gasteiger partial charge >= 0.3 is 0 Å². The number of anilines is 1. The molecule has 29 heavy (non-hydrogen) atoms. The van der Waals surface area contributed by atoms with Crippen LogP contribution in [0.2, 0.25) is 0 Å². The van der Waals surface area contributed by atoms with E-state index < -0.39 is 5.54 Å². The molecule has 2 fully saturated rings. The largest absolute Gasteiger partial charge is 0.335 e. The zero-order valence-corrected chi connectivity index (χ0v) is 16.6. The third kappa shape index (κ3) is 2.19. The lowest BCUT2D eigenvalue weighted by molar-refractivity contribution is -0.145. The van der Waals surface area contributed by atoms with Crippen LogP contribution in [0.3, 0.4) is 0 Å². The second-order valence-corrected chi connectivity index (χ2v) is 8.80. The fraction of sp³-hybridized carbons (Fsp3) is 0.500. The molecule has 0 bridgehead atoms. The first-order chi connectivity index (χ1) is 14.1. The molecule has 4 aliphatic rings. The molecule has 2 aromatic rings. The summed E-state index contributed by atoms with van der Waals surface area (Å²) in [6.07, 6.45) is 2.91. The van der Waals surface area contributed by atoms with E-state index in [2.05, 4.69) is 21.4 Å². The van der Waals surface area contributed by atoms with Crippen molar-refractivity contribution in [3.05, 3.63) is 47.3 Å². The number of aryl methyl sites for hydroxylation is 1. The van der Waals surface area contributed by atoms with Gasteiger partial charge in [-0.2, -0.15) is 5.10 Å². The Labute approximate surface area is 169 Å². The average molecular weight is 391 g/mol. The molecule has 6 rings (SSSR count). The Morgan fingerprint density at radius 2 is 2.10 bits per heavy atom. The molecule has 0 saturated carbocycles. The van der Waals surface area contributed by atoms with E-state index in [4.69, 9.17) is 0 Å². The van der Waals surface area contributed by atoms with E-state index in [1.54, 1.807) is 0 Å². The third-order valence-corrected chi connectivity index (χ3v) is 7.30. The molecule has 7 heteroatoms. The van der Waals surface area contributed by atoms with Crippen LogP contribution in [0, 0.1) is 12.8 Å². The van der Waals surface area contributed by atoms with Gasteiger partial charge < -0.3 is 10.2 Å². The van der Waals surface area contributed by atoms with Crippen LogP contribution >= 0.6 is 0 Å². The highest BCUT2D eigenvalue weighted by molar-refractivity contribution is 6.09. The second-order valence-electron chi connectivity index (χ2n) is 8.80. The maximum atomic E-state index is 13.9. The van der Waals surface area contributed by atoms with Gasteiger partial charge in [-0.1, -0.05) is 18.2 Å². The SMILES string of the molecule is Cc1cc2n(n1)CCN(C(=O)[C@@H]1C[C@H]3CCCN3[C@]13C(=O)Nc1ccccc13)C2. The minimum Gasteiger partial charge on any atom is -0.335 e. The van der Waals surface area contributed by atoms with Crippen LogP contribution in [0.1, 0.15) is 36.2 Å². The standard InChI is InChI=1S/C22H25N5O2/c1-14-11-16-13-25(9-10-27(16)24-14)20(28)18-12-15-5-4-8-26(15)22(18)17-6-2-3-7-19(17)23-21(22)29/h2-3,6-7,11,15,18H,4-5,8-10,12-13H2,1H3,(H,23,29)/t15-,18+,22+/m1/s1. The number of fused-ring (bicyclic) bond motifs is 5. The van der Waals surface area contributed by atoms with Crippen molar-refractivity contribution >= 4 is 17.5 Å². The molecule has 4 aliphatic heterocycles. The highest BCUT2D eigenvalue weighted by atomic mass is 16.2. The van der Waals surface area contributed by atoms with Gasteiger partial charge in [-0.05, 0) is 44.9 Å². The molecule has 1 spiro atoms. The number of hydrogen-bond donors (Lipinski definition) is 1. The van der Waals surface area contributed by atoms with Crippen LogP contribution in [0.4, 0.5) is 5.69 Å². The first-order valence-electron chi connectivity index (χ1n) is 10.6. The summed E-state index contributed by atoms with van der Waals surface area (Å²) in [5.74, 6) is -0.261. The highest BCUT2D eigenvalue weighted by Gasteiger charge is 2.65. The molecular weight excluding hydrogens is 366 g/mol. The fourth-order valence-corrected chi connectivity index (χ4v) is 6.18. The first-order valence-corrected chi connectivity index (χ1v) is 10.6. The van der Waals surface area contributed by atoms with Crippen molar-refractivity contribution in [3.8, 4) is 0 Å². The Morgan fingerprint density at radius 1 is 1.24 bits per heavy atom. The minimum absolute atomic E-state index is 0.0284. The number of para-hydroxylation sites is 1. The Kier molecular flexibility index (Phi) is 3.51. The number of nitrogens with one attached hydrogen (secondary N) is 1.